The number of para-hydroxylation sites is 1. The molecule has 7 heteroatoms. The normalized spacial score (nSPS) is 21.9. The molecular formula is C21H27BrN2O3S. The fourth-order valence-corrected chi connectivity index (χ4v) is 6.03. The molecule has 1 heterocycles. The molecule has 0 radical (unpaired) electrons. The zero-order valence-corrected chi connectivity index (χ0v) is 18.9. The van der Waals surface area contributed by atoms with E-state index in [0.29, 0.717) is 23.1 Å². The molecule has 1 aliphatic rings. The van der Waals surface area contributed by atoms with Gasteiger partial charge < -0.3 is 10.0 Å². The Hall–Kier alpha value is -1.57. The van der Waals surface area contributed by atoms with Crippen molar-refractivity contribution < 1.29 is 13.5 Å². The number of halogens is 1. The van der Waals surface area contributed by atoms with Crippen LogP contribution in [0.1, 0.15) is 39.5 Å². The summed E-state index contributed by atoms with van der Waals surface area (Å²) in [5, 5.41) is 10.2. The molecule has 152 valence electrons. The Balaban J connectivity index is 2.30. The lowest BCUT2D eigenvalue weighted by Crippen LogP contribution is -2.53. The van der Waals surface area contributed by atoms with Crippen molar-refractivity contribution in [1.29, 1.82) is 0 Å². The first-order chi connectivity index (χ1) is 13.3. The number of anilines is 2. The van der Waals surface area contributed by atoms with Crippen molar-refractivity contribution in [3.63, 3.8) is 0 Å². The smallest absolute Gasteiger partial charge is 0.245 e. The van der Waals surface area contributed by atoms with Crippen LogP contribution in [0, 0.1) is 0 Å². The zero-order valence-electron chi connectivity index (χ0n) is 16.5. The van der Waals surface area contributed by atoms with Crippen molar-refractivity contribution in [3.8, 4) is 5.75 Å². The minimum Gasteiger partial charge on any atom is -0.507 e. The largest absolute Gasteiger partial charge is 0.507 e. The highest BCUT2D eigenvalue weighted by Gasteiger charge is 2.46. The van der Waals surface area contributed by atoms with Gasteiger partial charge in [-0.15, -0.1) is 0 Å². The van der Waals surface area contributed by atoms with Crippen LogP contribution in [0.3, 0.4) is 0 Å². The predicted octanol–water partition coefficient (Wildman–Crippen LogP) is 5.27. The number of hydrogen-bond donors (Lipinski definition) is 1. The minimum atomic E-state index is -3.78. The van der Waals surface area contributed by atoms with E-state index < -0.39 is 15.6 Å². The maximum absolute atomic E-state index is 13.6. The molecule has 28 heavy (non-hydrogen) atoms. The number of phenols is 1. The molecule has 5 nitrogen and oxygen atoms in total. The standard InChI is InChI=1S/C21H27BrN2O3S/c1-4-6-12-21(5-2)15-24(16-10-8-7-9-11-16)18-13-17(22)19(25)14-20(18)28(26,27)23(21)3/h7-11,13-14,25H,4-6,12,15H2,1-3H3. The van der Waals surface area contributed by atoms with Gasteiger partial charge in [-0.25, -0.2) is 8.42 Å². The molecule has 1 atom stereocenters. The number of phenolic OH excluding ortho intramolecular Hbond substituents is 1. The molecule has 2 aromatic carbocycles. The van der Waals surface area contributed by atoms with Gasteiger partial charge in [-0.05, 0) is 47.0 Å². The van der Waals surface area contributed by atoms with Gasteiger partial charge >= 0.3 is 0 Å². The van der Waals surface area contributed by atoms with Crippen LogP contribution in [0.2, 0.25) is 0 Å². The Morgan fingerprint density at radius 3 is 2.46 bits per heavy atom. The molecular weight excluding hydrogens is 440 g/mol. The fourth-order valence-electron chi connectivity index (χ4n) is 3.92. The maximum Gasteiger partial charge on any atom is 0.245 e. The number of sulfonamides is 1. The van der Waals surface area contributed by atoms with Crippen molar-refractivity contribution in [1.82, 2.24) is 4.31 Å². The van der Waals surface area contributed by atoms with Gasteiger partial charge in [-0.2, -0.15) is 4.31 Å². The van der Waals surface area contributed by atoms with Crippen LogP contribution < -0.4 is 4.90 Å². The van der Waals surface area contributed by atoms with Crippen molar-refractivity contribution in [2.24, 2.45) is 0 Å². The average molecular weight is 467 g/mol. The molecule has 0 fully saturated rings. The fraction of sp³-hybridized carbons (Fsp3) is 0.429. The number of hydrogen-bond acceptors (Lipinski definition) is 4. The van der Waals surface area contributed by atoms with Gasteiger partial charge in [-0.1, -0.05) is 44.9 Å². The third-order valence-corrected chi connectivity index (χ3v) is 8.43. The summed E-state index contributed by atoms with van der Waals surface area (Å²) in [6, 6.07) is 12.9. The van der Waals surface area contributed by atoms with E-state index in [2.05, 4.69) is 27.8 Å². The van der Waals surface area contributed by atoms with Crippen LogP contribution in [0.15, 0.2) is 51.8 Å². The molecule has 1 N–H and O–H groups in total. The molecule has 0 amide bonds. The highest BCUT2D eigenvalue weighted by Crippen LogP contribution is 2.45. The first-order valence-corrected chi connectivity index (χ1v) is 11.8. The van der Waals surface area contributed by atoms with Crippen LogP contribution in [0.5, 0.6) is 5.75 Å². The summed E-state index contributed by atoms with van der Waals surface area (Å²) in [5.41, 5.74) is 0.974. The molecule has 1 aliphatic heterocycles. The van der Waals surface area contributed by atoms with Crippen LogP contribution in [-0.2, 0) is 10.0 Å². The third-order valence-electron chi connectivity index (χ3n) is 5.80. The van der Waals surface area contributed by atoms with Crippen molar-refractivity contribution in [3.05, 3.63) is 46.9 Å². The Morgan fingerprint density at radius 1 is 1.18 bits per heavy atom. The molecule has 0 aliphatic carbocycles. The lowest BCUT2D eigenvalue weighted by Gasteiger charge is -2.41. The first kappa shape index (κ1) is 21.1. The number of nitrogens with zero attached hydrogens (tertiary/aromatic N) is 2. The van der Waals surface area contributed by atoms with Crippen LogP contribution in [0.4, 0.5) is 11.4 Å². The summed E-state index contributed by atoms with van der Waals surface area (Å²) in [7, 11) is -2.10. The Labute approximate surface area is 176 Å². The summed E-state index contributed by atoms with van der Waals surface area (Å²) in [6.07, 6.45) is 3.43. The zero-order chi connectivity index (χ0) is 20.5. The second-order valence-electron chi connectivity index (χ2n) is 7.35. The van der Waals surface area contributed by atoms with Gasteiger partial charge in [0, 0.05) is 25.3 Å². The van der Waals surface area contributed by atoms with E-state index in [4.69, 9.17) is 0 Å². The number of likely N-dealkylation sites (N-methyl/N-ethyl adjacent to an activating group) is 1. The summed E-state index contributed by atoms with van der Waals surface area (Å²) < 4.78 is 29.2. The molecule has 0 spiro atoms. The van der Waals surface area contributed by atoms with Crippen LogP contribution in [0.25, 0.3) is 0 Å². The molecule has 0 saturated carbocycles. The van der Waals surface area contributed by atoms with E-state index in [1.54, 1.807) is 13.1 Å². The van der Waals surface area contributed by atoms with Gasteiger partial charge in [0.15, 0.2) is 0 Å². The highest BCUT2D eigenvalue weighted by molar-refractivity contribution is 9.10. The van der Waals surface area contributed by atoms with Gasteiger partial charge in [0.25, 0.3) is 0 Å². The van der Waals surface area contributed by atoms with E-state index in [-0.39, 0.29) is 10.6 Å². The van der Waals surface area contributed by atoms with E-state index in [1.807, 2.05) is 37.3 Å². The van der Waals surface area contributed by atoms with Crippen molar-refractivity contribution >= 4 is 37.3 Å². The first-order valence-electron chi connectivity index (χ1n) is 9.61. The third kappa shape index (κ3) is 3.55. The van der Waals surface area contributed by atoms with E-state index in [0.717, 1.165) is 24.9 Å². The van der Waals surface area contributed by atoms with Crippen molar-refractivity contribution in [2.45, 2.75) is 50.0 Å². The number of aromatic hydroxyl groups is 1. The highest BCUT2D eigenvalue weighted by atomic mass is 79.9. The van der Waals surface area contributed by atoms with Gasteiger partial charge in [0.1, 0.15) is 10.6 Å². The Morgan fingerprint density at radius 2 is 1.86 bits per heavy atom. The number of unbranched alkanes of at least 4 members (excludes halogenated alkanes) is 1. The lowest BCUT2D eigenvalue weighted by atomic mass is 9.88. The van der Waals surface area contributed by atoms with E-state index >= 15 is 0 Å². The molecule has 0 bridgehead atoms. The number of benzene rings is 2. The maximum atomic E-state index is 13.6. The van der Waals surface area contributed by atoms with Crippen LogP contribution >= 0.6 is 15.9 Å². The summed E-state index contributed by atoms with van der Waals surface area (Å²) in [6.45, 7) is 4.72. The predicted molar refractivity (Wildman–Crippen MR) is 117 cm³/mol. The molecule has 0 aromatic heterocycles. The van der Waals surface area contributed by atoms with Gasteiger partial charge in [0.2, 0.25) is 10.0 Å². The molecule has 2 aromatic rings. The number of fused-ring (bicyclic) bond motifs is 1. The van der Waals surface area contributed by atoms with Gasteiger partial charge in [0.05, 0.1) is 15.7 Å². The summed E-state index contributed by atoms with van der Waals surface area (Å²) >= 11 is 3.35. The number of rotatable bonds is 5. The average Bonchev–Trinajstić information content (AvgIpc) is 2.76. The monoisotopic (exact) mass is 466 g/mol. The lowest BCUT2D eigenvalue weighted by molar-refractivity contribution is 0.198. The SMILES string of the molecule is CCCCC1(CC)CN(c2ccccc2)c2cc(Br)c(O)cc2S(=O)(=O)N1C. The second-order valence-corrected chi connectivity index (χ2v) is 10.1. The second kappa shape index (κ2) is 8.05. The molecule has 0 saturated heterocycles. The molecule has 1 unspecified atom stereocenters. The van der Waals surface area contributed by atoms with Gasteiger partial charge in [-0.3, -0.25) is 0 Å². The van der Waals surface area contributed by atoms with E-state index in [1.165, 1.54) is 10.4 Å². The summed E-state index contributed by atoms with van der Waals surface area (Å²) in [5.74, 6) is -0.0821. The summed E-state index contributed by atoms with van der Waals surface area (Å²) in [4.78, 5) is 2.20. The quantitative estimate of drug-likeness (QED) is 0.651. The van der Waals surface area contributed by atoms with Crippen molar-refractivity contribution in [2.75, 3.05) is 18.5 Å². The topological polar surface area (TPSA) is 60.9 Å². The Kier molecular flexibility index (Phi) is 6.08. The van der Waals surface area contributed by atoms with Crippen LogP contribution in [-0.4, -0.2) is 37.0 Å². The minimum absolute atomic E-state index is 0.0821. The Bertz CT molecular complexity index is 950. The molecule has 3 rings (SSSR count). The van der Waals surface area contributed by atoms with E-state index in [9.17, 15) is 13.5 Å².